The summed E-state index contributed by atoms with van der Waals surface area (Å²) in [5.41, 5.74) is 6.89. The van der Waals surface area contributed by atoms with Gasteiger partial charge < -0.3 is 20.5 Å². The third kappa shape index (κ3) is 6.26. The SMILES string of the molecule is C[C@H](NCc1ccc(OCc2ccccc2F)c(OCc2ccccc2F)c1)C(N)=O. The topological polar surface area (TPSA) is 73.6 Å². The summed E-state index contributed by atoms with van der Waals surface area (Å²) in [7, 11) is 0. The zero-order chi connectivity index (χ0) is 22.2. The second-order valence-electron chi connectivity index (χ2n) is 7.05. The predicted octanol–water partition coefficient (Wildman–Crippen LogP) is 4.09. The van der Waals surface area contributed by atoms with Gasteiger partial charge in [0, 0.05) is 17.7 Å². The number of hydrogen-bond donors (Lipinski definition) is 2. The van der Waals surface area contributed by atoms with Crippen molar-refractivity contribution in [1.29, 1.82) is 0 Å². The average molecular weight is 426 g/mol. The fraction of sp³-hybridized carbons (Fsp3) is 0.208. The Kier molecular flexibility index (Phi) is 7.56. The molecule has 1 amide bonds. The number of nitrogens with two attached hydrogens (primary N) is 1. The Hall–Kier alpha value is -3.45. The molecule has 1 atom stereocenters. The molecule has 0 fully saturated rings. The van der Waals surface area contributed by atoms with Crippen molar-refractivity contribution in [2.24, 2.45) is 5.73 Å². The van der Waals surface area contributed by atoms with Gasteiger partial charge in [0.25, 0.3) is 0 Å². The molecule has 3 aromatic rings. The maximum Gasteiger partial charge on any atom is 0.234 e. The van der Waals surface area contributed by atoms with Gasteiger partial charge in [0.2, 0.25) is 5.91 Å². The summed E-state index contributed by atoms with van der Waals surface area (Å²) in [6.45, 7) is 2.05. The van der Waals surface area contributed by atoms with Crippen LogP contribution >= 0.6 is 0 Å². The summed E-state index contributed by atoms with van der Waals surface area (Å²) in [5.74, 6) is -0.417. The van der Waals surface area contributed by atoms with Crippen LogP contribution < -0.4 is 20.5 Å². The predicted molar refractivity (Wildman–Crippen MR) is 113 cm³/mol. The van der Waals surface area contributed by atoms with E-state index in [1.165, 1.54) is 12.1 Å². The highest BCUT2D eigenvalue weighted by atomic mass is 19.1. The molecule has 0 aliphatic rings. The molecule has 0 bridgehead atoms. The number of carbonyl (C=O) groups is 1. The van der Waals surface area contributed by atoms with Crippen molar-refractivity contribution in [1.82, 2.24) is 5.32 Å². The molecule has 0 saturated carbocycles. The zero-order valence-electron chi connectivity index (χ0n) is 17.1. The summed E-state index contributed by atoms with van der Waals surface area (Å²) in [4.78, 5) is 11.2. The molecule has 31 heavy (non-hydrogen) atoms. The molecule has 5 nitrogen and oxygen atoms in total. The number of rotatable bonds is 10. The van der Waals surface area contributed by atoms with E-state index in [1.54, 1.807) is 61.5 Å². The van der Waals surface area contributed by atoms with Gasteiger partial charge in [-0.15, -0.1) is 0 Å². The molecule has 3 N–H and O–H groups in total. The van der Waals surface area contributed by atoms with Crippen LogP contribution in [-0.4, -0.2) is 11.9 Å². The first-order valence-corrected chi connectivity index (χ1v) is 9.82. The van der Waals surface area contributed by atoms with Crippen LogP contribution in [0.4, 0.5) is 8.78 Å². The molecule has 0 aliphatic heterocycles. The van der Waals surface area contributed by atoms with Gasteiger partial charge in [0.1, 0.15) is 24.8 Å². The van der Waals surface area contributed by atoms with E-state index in [1.807, 2.05) is 0 Å². The summed E-state index contributed by atoms with van der Waals surface area (Å²) in [5, 5.41) is 3.01. The lowest BCUT2D eigenvalue weighted by Gasteiger charge is -2.16. The third-order valence-electron chi connectivity index (χ3n) is 4.73. The third-order valence-corrected chi connectivity index (χ3v) is 4.73. The van der Waals surface area contributed by atoms with E-state index in [-0.39, 0.29) is 24.8 Å². The van der Waals surface area contributed by atoms with E-state index in [2.05, 4.69) is 5.32 Å². The molecule has 162 valence electrons. The van der Waals surface area contributed by atoms with Crippen molar-refractivity contribution in [2.45, 2.75) is 32.7 Å². The number of ether oxygens (including phenoxy) is 2. The van der Waals surface area contributed by atoms with Crippen LogP contribution in [0.3, 0.4) is 0 Å². The van der Waals surface area contributed by atoms with Gasteiger partial charge >= 0.3 is 0 Å². The summed E-state index contributed by atoms with van der Waals surface area (Å²) in [6, 6.07) is 17.4. The molecule has 0 aromatic heterocycles. The van der Waals surface area contributed by atoms with Gasteiger partial charge in [-0.05, 0) is 36.8 Å². The summed E-state index contributed by atoms with van der Waals surface area (Å²) < 4.78 is 39.5. The van der Waals surface area contributed by atoms with Crippen LogP contribution in [0.15, 0.2) is 66.7 Å². The number of amides is 1. The molecule has 0 saturated heterocycles. The largest absolute Gasteiger partial charge is 0.485 e. The average Bonchev–Trinajstić information content (AvgIpc) is 2.77. The number of nitrogens with one attached hydrogen (secondary N) is 1. The monoisotopic (exact) mass is 426 g/mol. The highest BCUT2D eigenvalue weighted by Crippen LogP contribution is 2.30. The van der Waals surface area contributed by atoms with Crippen molar-refractivity contribution in [2.75, 3.05) is 0 Å². The van der Waals surface area contributed by atoms with Crippen LogP contribution in [0, 0.1) is 11.6 Å². The van der Waals surface area contributed by atoms with E-state index < -0.39 is 11.9 Å². The first-order valence-electron chi connectivity index (χ1n) is 9.82. The molecular formula is C24H24F2N2O3. The van der Waals surface area contributed by atoms with E-state index in [4.69, 9.17) is 15.2 Å². The molecule has 3 rings (SSSR count). The van der Waals surface area contributed by atoms with Gasteiger partial charge in [0.15, 0.2) is 11.5 Å². The standard InChI is InChI=1S/C24H24F2N2O3/c1-16(24(27)29)28-13-17-10-11-22(30-14-18-6-2-4-8-20(18)25)23(12-17)31-15-19-7-3-5-9-21(19)26/h2-12,16,28H,13-15H2,1H3,(H2,27,29)/t16-/m0/s1. The quantitative estimate of drug-likeness (QED) is 0.512. The Morgan fingerprint density at radius 2 is 1.45 bits per heavy atom. The second-order valence-corrected chi connectivity index (χ2v) is 7.05. The lowest BCUT2D eigenvalue weighted by atomic mass is 10.1. The lowest BCUT2D eigenvalue weighted by Crippen LogP contribution is -2.38. The summed E-state index contributed by atoms with van der Waals surface area (Å²) >= 11 is 0. The first-order chi connectivity index (χ1) is 14.9. The van der Waals surface area contributed by atoms with Gasteiger partial charge in [-0.1, -0.05) is 42.5 Å². The number of halogens is 2. The van der Waals surface area contributed by atoms with E-state index in [0.717, 1.165) is 5.56 Å². The normalized spacial score (nSPS) is 11.7. The maximum atomic E-state index is 14.0. The zero-order valence-corrected chi connectivity index (χ0v) is 17.1. The molecule has 0 aliphatic carbocycles. The van der Waals surface area contributed by atoms with Crippen LogP contribution in [-0.2, 0) is 24.6 Å². The smallest absolute Gasteiger partial charge is 0.234 e. The van der Waals surface area contributed by atoms with Crippen LogP contribution in [0.25, 0.3) is 0 Å². The minimum atomic E-state index is -0.500. The van der Waals surface area contributed by atoms with E-state index in [0.29, 0.717) is 29.2 Å². The van der Waals surface area contributed by atoms with Crippen LogP contribution in [0.2, 0.25) is 0 Å². The van der Waals surface area contributed by atoms with Gasteiger partial charge in [0.05, 0.1) is 6.04 Å². The minimum absolute atomic E-state index is 0.00268. The first kappa shape index (κ1) is 22.2. The fourth-order valence-corrected chi connectivity index (χ4v) is 2.81. The Balaban J connectivity index is 1.77. The Morgan fingerprint density at radius 1 is 0.903 bits per heavy atom. The molecule has 0 heterocycles. The van der Waals surface area contributed by atoms with Crippen LogP contribution in [0.1, 0.15) is 23.6 Å². The fourth-order valence-electron chi connectivity index (χ4n) is 2.81. The maximum absolute atomic E-state index is 14.0. The Morgan fingerprint density at radius 3 is 2.00 bits per heavy atom. The molecule has 0 spiro atoms. The highest BCUT2D eigenvalue weighted by molar-refractivity contribution is 5.79. The Bertz CT molecular complexity index is 1040. The number of hydrogen-bond acceptors (Lipinski definition) is 4. The van der Waals surface area contributed by atoms with Crippen molar-refractivity contribution < 1.29 is 23.0 Å². The van der Waals surface area contributed by atoms with Crippen molar-refractivity contribution in [3.63, 3.8) is 0 Å². The molecule has 0 unspecified atom stereocenters. The van der Waals surface area contributed by atoms with Crippen LogP contribution in [0.5, 0.6) is 11.5 Å². The molecule has 7 heteroatoms. The number of primary amides is 1. The number of benzene rings is 3. The summed E-state index contributed by atoms with van der Waals surface area (Å²) in [6.07, 6.45) is 0. The molecule has 0 radical (unpaired) electrons. The lowest BCUT2D eigenvalue weighted by molar-refractivity contribution is -0.119. The van der Waals surface area contributed by atoms with E-state index in [9.17, 15) is 13.6 Å². The van der Waals surface area contributed by atoms with E-state index >= 15 is 0 Å². The molecule has 3 aromatic carbocycles. The van der Waals surface area contributed by atoms with Gasteiger partial charge in [-0.25, -0.2) is 8.78 Å². The molecular weight excluding hydrogens is 402 g/mol. The van der Waals surface area contributed by atoms with Gasteiger partial charge in [-0.2, -0.15) is 0 Å². The Labute approximate surface area is 179 Å². The van der Waals surface area contributed by atoms with Crippen molar-refractivity contribution in [3.05, 3.63) is 95.1 Å². The second kappa shape index (κ2) is 10.5. The number of carbonyl (C=O) groups excluding carboxylic acids is 1. The van der Waals surface area contributed by atoms with Crippen molar-refractivity contribution >= 4 is 5.91 Å². The van der Waals surface area contributed by atoms with Gasteiger partial charge in [-0.3, -0.25) is 4.79 Å². The highest BCUT2D eigenvalue weighted by Gasteiger charge is 2.12. The minimum Gasteiger partial charge on any atom is -0.485 e. The van der Waals surface area contributed by atoms with Crippen molar-refractivity contribution in [3.8, 4) is 11.5 Å².